The molecule has 1 aliphatic heterocycles. The van der Waals surface area contributed by atoms with Crippen LogP contribution in [0.1, 0.15) is 0 Å². The number of rotatable bonds is 0. The van der Waals surface area contributed by atoms with Gasteiger partial charge >= 0.3 is 0 Å². The van der Waals surface area contributed by atoms with Gasteiger partial charge < -0.3 is 4.90 Å². The zero-order valence-corrected chi connectivity index (χ0v) is 7.08. The van der Waals surface area contributed by atoms with Gasteiger partial charge in [0.15, 0.2) is 0 Å². The van der Waals surface area contributed by atoms with Crippen molar-refractivity contribution in [1.82, 2.24) is 4.90 Å². The minimum atomic E-state index is 0.593. The van der Waals surface area contributed by atoms with E-state index in [1.165, 1.54) is 0 Å². The normalized spacial score (nSPS) is 18.7. The fraction of sp³-hybridized carbons (Fsp3) is 0.143. The Morgan fingerprint density at radius 1 is 1.30 bits per heavy atom. The van der Waals surface area contributed by atoms with E-state index >= 15 is 0 Å². The summed E-state index contributed by atoms with van der Waals surface area (Å²) in [6, 6.07) is 0. The lowest BCUT2D eigenvalue weighted by Gasteiger charge is -2.16. The van der Waals surface area contributed by atoms with Crippen LogP contribution in [0.3, 0.4) is 0 Å². The second-order valence-corrected chi connectivity index (χ2v) is 2.91. The van der Waals surface area contributed by atoms with Crippen LogP contribution in [-0.2, 0) is 0 Å². The summed E-state index contributed by atoms with van der Waals surface area (Å²) in [7, 11) is 1.86. The zero-order chi connectivity index (χ0) is 7.72. The van der Waals surface area contributed by atoms with Gasteiger partial charge in [-0.1, -0.05) is 29.8 Å². The van der Waals surface area contributed by atoms with Crippen molar-refractivity contribution in [2.45, 2.75) is 0 Å². The van der Waals surface area contributed by atoms with Crippen LogP contribution in [0.2, 0.25) is 0 Å². The maximum absolute atomic E-state index is 5.75. The number of halogens is 2. The Bertz CT molecular complexity index is 206. The van der Waals surface area contributed by atoms with Gasteiger partial charge in [-0.25, -0.2) is 0 Å². The Hall–Kier alpha value is -0.400. The Labute approximate surface area is 70.2 Å². The zero-order valence-electron chi connectivity index (χ0n) is 5.56. The average molecular weight is 176 g/mol. The van der Waals surface area contributed by atoms with E-state index in [0.717, 1.165) is 0 Å². The summed E-state index contributed by atoms with van der Waals surface area (Å²) in [4.78, 5) is 1.79. The van der Waals surface area contributed by atoms with Crippen molar-refractivity contribution < 1.29 is 0 Å². The first-order chi connectivity index (χ1) is 4.61. The fourth-order valence-corrected chi connectivity index (χ4v) is 1.22. The first kappa shape index (κ1) is 7.70. The highest BCUT2D eigenvalue weighted by molar-refractivity contribution is 6.38. The van der Waals surface area contributed by atoms with Gasteiger partial charge in [-0.2, -0.15) is 0 Å². The molecule has 0 aromatic carbocycles. The van der Waals surface area contributed by atoms with Crippen molar-refractivity contribution in [2.75, 3.05) is 7.05 Å². The number of hydrogen-bond donors (Lipinski definition) is 0. The molecular weight excluding hydrogens is 169 g/mol. The lowest BCUT2D eigenvalue weighted by molar-refractivity contribution is 0.616. The average Bonchev–Trinajstić information content (AvgIpc) is 1.82. The lowest BCUT2D eigenvalue weighted by atomic mass is 10.2. The summed E-state index contributed by atoms with van der Waals surface area (Å²) >= 11 is 11.5. The van der Waals surface area contributed by atoms with Gasteiger partial charge in [0.2, 0.25) is 0 Å². The van der Waals surface area contributed by atoms with Crippen molar-refractivity contribution in [3.05, 3.63) is 34.6 Å². The van der Waals surface area contributed by atoms with Crippen molar-refractivity contribution in [3.63, 3.8) is 0 Å². The molecule has 10 heavy (non-hydrogen) atoms. The molecule has 0 saturated heterocycles. The monoisotopic (exact) mass is 175 g/mol. The van der Waals surface area contributed by atoms with E-state index in [1.54, 1.807) is 17.3 Å². The molecule has 1 rings (SSSR count). The van der Waals surface area contributed by atoms with E-state index in [2.05, 4.69) is 6.58 Å². The van der Waals surface area contributed by atoms with Crippen molar-refractivity contribution >= 4 is 23.2 Å². The fourth-order valence-electron chi connectivity index (χ4n) is 0.665. The van der Waals surface area contributed by atoms with Crippen LogP contribution in [0, 0.1) is 0 Å². The highest BCUT2D eigenvalue weighted by Crippen LogP contribution is 2.28. The Morgan fingerprint density at radius 3 is 2.10 bits per heavy atom. The molecule has 54 valence electrons. The SMILES string of the molecule is C=C1C(Cl)=CN(C)C=C1Cl. The largest absolute Gasteiger partial charge is 0.354 e. The van der Waals surface area contributed by atoms with E-state index in [9.17, 15) is 0 Å². The highest BCUT2D eigenvalue weighted by atomic mass is 35.5. The van der Waals surface area contributed by atoms with E-state index in [1.807, 2.05) is 7.05 Å². The second-order valence-electron chi connectivity index (χ2n) is 2.10. The summed E-state index contributed by atoms with van der Waals surface area (Å²) in [5, 5.41) is 1.19. The molecule has 1 aliphatic rings. The molecule has 0 unspecified atom stereocenters. The van der Waals surface area contributed by atoms with E-state index in [4.69, 9.17) is 23.2 Å². The van der Waals surface area contributed by atoms with E-state index < -0.39 is 0 Å². The lowest BCUT2D eigenvalue weighted by Crippen LogP contribution is -2.07. The standard InChI is InChI=1S/C7H7Cl2N/c1-5-6(8)3-10(2)4-7(5)9/h3-4H,1H2,2H3. The summed E-state index contributed by atoms with van der Waals surface area (Å²) in [5.74, 6) is 0. The van der Waals surface area contributed by atoms with Crippen molar-refractivity contribution in [2.24, 2.45) is 0 Å². The second kappa shape index (κ2) is 2.69. The Balaban J connectivity index is 2.94. The number of allylic oxidation sites excluding steroid dienone is 3. The molecule has 0 bridgehead atoms. The maximum atomic E-state index is 5.75. The van der Waals surface area contributed by atoms with Gasteiger partial charge in [0.1, 0.15) is 0 Å². The maximum Gasteiger partial charge on any atom is 0.0649 e. The van der Waals surface area contributed by atoms with Crippen molar-refractivity contribution in [3.8, 4) is 0 Å². The van der Waals surface area contributed by atoms with Gasteiger partial charge in [-0.05, 0) is 0 Å². The molecule has 0 aromatic heterocycles. The molecule has 0 aromatic rings. The summed E-state index contributed by atoms with van der Waals surface area (Å²) in [6.45, 7) is 3.68. The smallest absolute Gasteiger partial charge is 0.0649 e. The third-order valence-electron chi connectivity index (χ3n) is 1.21. The van der Waals surface area contributed by atoms with Gasteiger partial charge in [0.05, 0.1) is 10.1 Å². The minimum absolute atomic E-state index is 0.593. The number of hydrogen-bond acceptors (Lipinski definition) is 1. The molecule has 0 radical (unpaired) electrons. The molecule has 1 nitrogen and oxygen atoms in total. The first-order valence-electron chi connectivity index (χ1n) is 2.77. The predicted molar refractivity (Wildman–Crippen MR) is 44.8 cm³/mol. The van der Waals surface area contributed by atoms with Crippen LogP contribution in [0.4, 0.5) is 0 Å². The predicted octanol–water partition coefficient (Wildman–Crippen LogP) is 2.65. The van der Waals surface area contributed by atoms with Crippen LogP contribution in [0.25, 0.3) is 0 Å². The molecule has 0 aliphatic carbocycles. The van der Waals surface area contributed by atoms with Gasteiger partial charge in [0.25, 0.3) is 0 Å². The van der Waals surface area contributed by atoms with Gasteiger partial charge in [-0.15, -0.1) is 0 Å². The molecule has 0 amide bonds. The number of nitrogens with zero attached hydrogens (tertiary/aromatic N) is 1. The molecule has 1 heterocycles. The van der Waals surface area contributed by atoms with Gasteiger partial charge in [0, 0.05) is 25.0 Å². The molecule has 0 saturated carbocycles. The minimum Gasteiger partial charge on any atom is -0.354 e. The van der Waals surface area contributed by atoms with E-state index in [0.29, 0.717) is 15.6 Å². The molecule has 0 spiro atoms. The molecule has 0 fully saturated rings. The Kier molecular flexibility index (Phi) is 2.07. The molecule has 0 N–H and O–H groups in total. The summed E-state index contributed by atoms with van der Waals surface area (Å²) in [5.41, 5.74) is 0.682. The Morgan fingerprint density at radius 2 is 1.70 bits per heavy atom. The molecule has 0 atom stereocenters. The third-order valence-corrected chi connectivity index (χ3v) is 1.86. The molecule has 3 heteroatoms. The third kappa shape index (κ3) is 1.36. The van der Waals surface area contributed by atoms with Crippen LogP contribution in [0.5, 0.6) is 0 Å². The van der Waals surface area contributed by atoms with Gasteiger partial charge in [-0.3, -0.25) is 0 Å². The first-order valence-corrected chi connectivity index (χ1v) is 3.53. The van der Waals surface area contributed by atoms with Crippen LogP contribution < -0.4 is 0 Å². The van der Waals surface area contributed by atoms with Crippen LogP contribution in [-0.4, -0.2) is 11.9 Å². The van der Waals surface area contributed by atoms with Crippen LogP contribution >= 0.6 is 23.2 Å². The quantitative estimate of drug-likeness (QED) is 0.548. The summed E-state index contributed by atoms with van der Waals surface area (Å²) < 4.78 is 0. The summed E-state index contributed by atoms with van der Waals surface area (Å²) in [6.07, 6.45) is 3.52. The molecular formula is C7H7Cl2N. The van der Waals surface area contributed by atoms with Crippen molar-refractivity contribution in [1.29, 1.82) is 0 Å². The van der Waals surface area contributed by atoms with E-state index in [-0.39, 0.29) is 0 Å². The topological polar surface area (TPSA) is 3.24 Å². The van der Waals surface area contributed by atoms with Crippen LogP contribution in [0.15, 0.2) is 34.6 Å². The highest BCUT2D eigenvalue weighted by Gasteiger charge is 2.09.